The van der Waals surface area contributed by atoms with Crippen LogP contribution in [0.15, 0.2) is 22.2 Å². The molecule has 0 heterocycles. The number of unbranched alkanes of at least 4 members (excludes halogenated alkanes) is 9. The fourth-order valence-electron chi connectivity index (χ4n) is 3.36. The average Bonchev–Trinajstić information content (AvgIpc) is 3.14. The Labute approximate surface area is 156 Å². The van der Waals surface area contributed by atoms with Gasteiger partial charge in [0.15, 0.2) is 0 Å². The summed E-state index contributed by atoms with van der Waals surface area (Å²) in [6.07, 6.45) is 26.1. The van der Waals surface area contributed by atoms with E-state index in [1.54, 1.807) is 14.4 Å². The van der Waals surface area contributed by atoms with Gasteiger partial charge in [-0.15, -0.1) is 0 Å². The summed E-state index contributed by atoms with van der Waals surface area (Å²) < 4.78 is 1.95. The third-order valence-corrected chi connectivity index (χ3v) is 17.8. The van der Waals surface area contributed by atoms with Crippen molar-refractivity contribution in [1.82, 2.24) is 0 Å². The summed E-state index contributed by atoms with van der Waals surface area (Å²) >= 11 is -1.74. The van der Waals surface area contributed by atoms with E-state index in [2.05, 4.69) is 39.0 Å². The van der Waals surface area contributed by atoms with E-state index in [0.29, 0.717) is 0 Å². The van der Waals surface area contributed by atoms with Gasteiger partial charge in [0.2, 0.25) is 0 Å². The van der Waals surface area contributed by atoms with E-state index in [1.165, 1.54) is 83.5 Å². The van der Waals surface area contributed by atoms with Gasteiger partial charge in [0.1, 0.15) is 0 Å². The van der Waals surface area contributed by atoms with Crippen LogP contribution >= 0.6 is 0 Å². The quantitative estimate of drug-likeness (QED) is 0.180. The van der Waals surface area contributed by atoms with Crippen LogP contribution in [0.25, 0.3) is 0 Å². The molecule has 24 heavy (non-hydrogen) atoms. The molecule has 1 heteroatoms. The van der Waals surface area contributed by atoms with E-state index in [9.17, 15) is 0 Å². The molecule has 0 fully saturated rings. The summed E-state index contributed by atoms with van der Waals surface area (Å²) in [5, 5.41) is 0. The van der Waals surface area contributed by atoms with Crippen LogP contribution in [0.1, 0.15) is 104 Å². The molecule has 146 valence electrons. The predicted molar refractivity (Wildman–Crippen MR) is 109 cm³/mol. The van der Waals surface area contributed by atoms with Gasteiger partial charge < -0.3 is 0 Å². The van der Waals surface area contributed by atoms with Crippen LogP contribution in [-0.2, 0) is 16.1 Å². The molecule has 1 rings (SSSR count). The molecule has 0 radical (unpaired) electrons. The van der Waals surface area contributed by atoms with Crippen molar-refractivity contribution in [2.75, 3.05) is 0 Å². The van der Waals surface area contributed by atoms with Crippen molar-refractivity contribution < 1.29 is 16.1 Å². The zero-order chi connectivity index (χ0) is 17.5. The van der Waals surface area contributed by atoms with Gasteiger partial charge in [-0.1, -0.05) is 0 Å². The molecule has 1 aliphatic carbocycles. The Morgan fingerprint density at radius 2 is 1.12 bits per heavy atom. The topological polar surface area (TPSA) is 0 Å². The van der Waals surface area contributed by atoms with E-state index in [1.807, 2.05) is 3.96 Å². The average molecular weight is 516 g/mol. The molecule has 0 bridgehead atoms. The molecule has 0 nitrogen and oxygen atoms in total. The first kappa shape index (κ1) is 22.2. The van der Waals surface area contributed by atoms with E-state index in [0.717, 1.165) is 0 Å². The first-order valence-electron chi connectivity index (χ1n) is 10.7. The summed E-state index contributed by atoms with van der Waals surface area (Å²) in [6, 6.07) is 0. The SMILES string of the molecule is CCCCC[CH2][Pt]([CH2]CCCCC)([CH2]CCCCC)[C]1=CC=CC1. The van der Waals surface area contributed by atoms with Gasteiger partial charge in [0, 0.05) is 0 Å². The third-order valence-electron chi connectivity index (χ3n) is 4.94. The number of allylic oxidation sites excluding steroid dienone is 4. The normalized spacial score (nSPS) is 15.0. The van der Waals surface area contributed by atoms with Crippen LogP contribution in [0.5, 0.6) is 0 Å². The van der Waals surface area contributed by atoms with Crippen molar-refractivity contribution in [2.45, 2.75) is 119 Å². The zero-order valence-electron chi connectivity index (χ0n) is 16.9. The van der Waals surface area contributed by atoms with Gasteiger partial charge in [-0.3, -0.25) is 0 Å². The second-order valence-corrected chi connectivity index (χ2v) is 17.9. The van der Waals surface area contributed by atoms with Gasteiger partial charge in [-0.05, 0) is 0 Å². The van der Waals surface area contributed by atoms with Gasteiger partial charge in [-0.25, -0.2) is 0 Å². The molecule has 0 atom stereocenters. The molecule has 0 aliphatic heterocycles. The fraction of sp³-hybridized carbons (Fsp3) is 0.826. The van der Waals surface area contributed by atoms with Crippen LogP contribution < -0.4 is 0 Å². The summed E-state index contributed by atoms with van der Waals surface area (Å²) in [5.41, 5.74) is 0. The molecule has 0 amide bonds. The molecule has 0 aromatic rings. The first-order chi connectivity index (χ1) is 11.8. The van der Waals surface area contributed by atoms with E-state index >= 15 is 0 Å². The zero-order valence-corrected chi connectivity index (χ0v) is 19.1. The second-order valence-electron chi connectivity index (χ2n) is 7.17. The van der Waals surface area contributed by atoms with Crippen molar-refractivity contribution in [3.05, 3.63) is 22.2 Å². The van der Waals surface area contributed by atoms with Gasteiger partial charge in [0.25, 0.3) is 0 Å². The van der Waals surface area contributed by atoms with Crippen molar-refractivity contribution >= 4 is 0 Å². The molecule has 1 aliphatic rings. The summed E-state index contributed by atoms with van der Waals surface area (Å²) in [6.45, 7) is 7.02. The van der Waals surface area contributed by atoms with Gasteiger partial charge in [0.05, 0.1) is 0 Å². The summed E-state index contributed by atoms with van der Waals surface area (Å²) in [4.78, 5) is 4.87. The number of hydrogen-bond donors (Lipinski definition) is 0. The third kappa shape index (κ3) is 8.51. The fourth-order valence-corrected chi connectivity index (χ4v) is 15.8. The van der Waals surface area contributed by atoms with E-state index in [4.69, 9.17) is 0 Å². The van der Waals surface area contributed by atoms with Crippen LogP contribution in [0.2, 0.25) is 14.4 Å². The molecule has 0 spiro atoms. The minimum absolute atomic E-state index is 1.31. The molecular weight excluding hydrogens is 471 g/mol. The van der Waals surface area contributed by atoms with Gasteiger partial charge in [-0.2, -0.15) is 0 Å². The van der Waals surface area contributed by atoms with Crippen molar-refractivity contribution in [3.8, 4) is 0 Å². The van der Waals surface area contributed by atoms with Crippen LogP contribution in [-0.4, -0.2) is 0 Å². The predicted octanol–water partition coefficient (Wildman–Crippen LogP) is 8.98. The molecule has 0 saturated heterocycles. The number of hydrogen-bond acceptors (Lipinski definition) is 0. The molecular formula is C23H44Pt. The van der Waals surface area contributed by atoms with E-state index in [-0.39, 0.29) is 0 Å². The Bertz CT molecular complexity index is 322. The maximum atomic E-state index is 2.55. The maximum absolute atomic E-state index is 2.55. The standard InChI is InChI=1S/3C6H13.C5H5.Pt/c3*1-3-5-6-4-2;1-2-4-5-3-1;/h3*1,3-6H2,2H3;1-3H,4H2;. The second kappa shape index (κ2) is 14.3. The summed E-state index contributed by atoms with van der Waals surface area (Å²) in [7, 11) is 0. The molecule has 0 aromatic heterocycles. The Morgan fingerprint density at radius 1 is 0.667 bits per heavy atom. The molecule has 0 N–H and O–H groups in total. The summed E-state index contributed by atoms with van der Waals surface area (Å²) in [5.74, 6) is 0. The Balaban J connectivity index is 2.68. The Kier molecular flexibility index (Phi) is 13.3. The van der Waals surface area contributed by atoms with Crippen molar-refractivity contribution in [2.24, 2.45) is 0 Å². The van der Waals surface area contributed by atoms with Crippen molar-refractivity contribution in [3.63, 3.8) is 0 Å². The van der Waals surface area contributed by atoms with E-state index < -0.39 is 16.1 Å². The van der Waals surface area contributed by atoms with Crippen LogP contribution in [0.3, 0.4) is 0 Å². The Hall–Kier alpha value is 0.168. The van der Waals surface area contributed by atoms with Gasteiger partial charge >= 0.3 is 157 Å². The molecule has 0 saturated carbocycles. The van der Waals surface area contributed by atoms with Crippen LogP contribution in [0.4, 0.5) is 0 Å². The molecule has 0 unspecified atom stereocenters. The number of rotatable bonds is 16. The van der Waals surface area contributed by atoms with Crippen molar-refractivity contribution in [1.29, 1.82) is 0 Å². The molecule has 0 aromatic carbocycles. The Morgan fingerprint density at radius 3 is 1.46 bits per heavy atom. The minimum atomic E-state index is -1.74. The van der Waals surface area contributed by atoms with Crippen LogP contribution in [0, 0.1) is 0 Å². The monoisotopic (exact) mass is 515 g/mol. The first-order valence-corrected chi connectivity index (χ1v) is 16.6.